The summed E-state index contributed by atoms with van der Waals surface area (Å²) in [6, 6.07) is 5.03. The molecule has 0 aliphatic carbocycles. The Hall–Kier alpha value is -1.26. The largest absolute Gasteiger partial charge is 0.399 e. The molecule has 1 fully saturated rings. The minimum atomic E-state index is -0.0254. The molecule has 0 aromatic heterocycles. The highest BCUT2D eigenvalue weighted by molar-refractivity contribution is 6.34. The predicted octanol–water partition coefficient (Wildman–Crippen LogP) is 1.70. The second kappa shape index (κ2) is 5.59. The standard InChI is InChI=1S/C13H18ClN3O/c1-16-5-2-6-17(8-7-16)13(18)11-9-10(15)3-4-12(11)14/h3-4,9H,2,5-8,15H2,1H3. The first-order valence-electron chi connectivity index (χ1n) is 6.11. The van der Waals surface area contributed by atoms with Gasteiger partial charge in [0.25, 0.3) is 5.91 Å². The number of carbonyl (C=O) groups excluding carboxylic acids is 1. The summed E-state index contributed by atoms with van der Waals surface area (Å²) in [5, 5.41) is 0.465. The summed E-state index contributed by atoms with van der Waals surface area (Å²) in [5.41, 5.74) is 6.78. The zero-order valence-corrected chi connectivity index (χ0v) is 11.3. The van der Waals surface area contributed by atoms with E-state index in [9.17, 15) is 4.79 Å². The maximum atomic E-state index is 12.4. The molecular formula is C13H18ClN3O. The Morgan fingerprint density at radius 1 is 1.28 bits per heavy atom. The molecule has 5 heteroatoms. The van der Waals surface area contributed by atoms with Gasteiger partial charge in [-0.2, -0.15) is 0 Å². The third-order valence-electron chi connectivity index (χ3n) is 3.23. The number of halogens is 1. The minimum absolute atomic E-state index is 0.0254. The monoisotopic (exact) mass is 267 g/mol. The SMILES string of the molecule is CN1CCCN(C(=O)c2cc(N)ccc2Cl)CC1. The van der Waals surface area contributed by atoms with Gasteiger partial charge in [0.15, 0.2) is 0 Å². The highest BCUT2D eigenvalue weighted by Crippen LogP contribution is 2.21. The normalized spacial score (nSPS) is 17.6. The van der Waals surface area contributed by atoms with Crippen molar-refractivity contribution in [3.8, 4) is 0 Å². The van der Waals surface area contributed by atoms with E-state index in [0.717, 1.165) is 32.6 Å². The van der Waals surface area contributed by atoms with Gasteiger partial charge in [0.05, 0.1) is 10.6 Å². The van der Waals surface area contributed by atoms with E-state index in [2.05, 4.69) is 11.9 Å². The van der Waals surface area contributed by atoms with Crippen LogP contribution in [0.25, 0.3) is 0 Å². The van der Waals surface area contributed by atoms with Gasteiger partial charge in [-0.05, 0) is 38.2 Å². The van der Waals surface area contributed by atoms with Crippen LogP contribution in [-0.4, -0.2) is 48.9 Å². The van der Waals surface area contributed by atoms with Crippen LogP contribution in [0.5, 0.6) is 0 Å². The van der Waals surface area contributed by atoms with Gasteiger partial charge in [-0.1, -0.05) is 11.6 Å². The van der Waals surface area contributed by atoms with E-state index in [4.69, 9.17) is 17.3 Å². The van der Waals surface area contributed by atoms with Crippen LogP contribution in [0.3, 0.4) is 0 Å². The number of nitrogen functional groups attached to an aromatic ring is 1. The van der Waals surface area contributed by atoms with Crippen LogP contribution < -0.4 is 5.73 Å². The molecule has 0 atom stereocenters. The Morgan fingerprint density at radius 2 is 2.06 bits per heavy atom. The zero-order chi connectivity index (χ0) is 13.1. The van der Waals surface area contributed by atoms with Crippen LogP contribution in [0.1, 0.15) is 16.8 Å². The number of likely N-dealkylation sites (N-methyl/N-ethyl adjacent to an activating group) is 1. The number of hydrogen-bond acceptors (Lipinski definition) is 3. The molecule has 98 valence electrons. The molecule has 1 saturated heterocycles. The van der Waals surface area contributed by atoms with Gasteiger partial charge in [0, 0.05) is 25.3 Å². The minimum Gasteiger partial charge on any atom is -0.399 e. The number of hydrogen-bond donors (Lipinski definition) is 1. The van der Waals surface area contributed by atoms with E-state index in [-0.39, 0.29) is 5.91 Å². The Labute approximate surface area is 112 Å². The summed E-state index contributed by atoms with van der Waals surface area (Å²) in [5.74, 6) is -0.0254. The van der Waals surface area contributed by atoms with Crippen LogP contribution in [0.4, 0.5) is 5.69 Å². The van der Waals surface area contributed by atoms with E-state index < -0.39 is 0 Å². The molecule has 1 aliphatic rings. The molecule has 1 aliphatic heterocycles. The number of rotatable bonds is 1. The second-order valence-corrected chi connectivity index (χ2v) is 5.10. The molecule has 1 aromatic carbocycles. The average molecular weight is 268 g/mol. The Bertz CT molecular complexity index is 450. The van der Waals surface area contributed by atoms with E-state index in [1.54, 1.807) is 18.2 Å². The lowest BCUT2D eigenvalue weighted by Crippen LogP contribution is -2.34. The van der Waals surface area contributed by atoms with Gasteiger partial charge in [-0.25, -0.2) is 0 Å². The molecule has 1 amide bonds. The molecule has 2 rings (SSSR count). The summed E-state index contributed by atoms with van der Waals surface area (Å²) in [6.07, 6.45) is 0.988. The van der Waals surface area contributed by atoms with Gasteiger partial charge in [-0.3, -0.25) is 4.79 Å². The average Bonchev–Trinajstić information content (AvgIpc) is 2.56. The van der Waals surface area contributed by atoms with Gasteiger partial charge >= 0.3 is 0 Å². The topological polar surface area (TPSA) is 49.6 Å². The summed E-state index contributed by atoms with van der Waals surface area (Å²) >= 11 is 6.07. The van der Waals surface area contributed by atoms with Crippen molar-refractivity contribution >= 4 is 23.2 Å². The van der Waals surface area contributed by atoms with E-state index in [1.165, 1.54) is 0 Å². The van der Waals surface area contributed by atoms with Crippen molar-refractivity contribution in [3.63, 3.8) is 0 Å². The quantitative estimate of drug-likeness (QED) is 0.788. The number of benzene rings is 1. The number of nitrogens with zero attached hydrogens (tertiary/aromatic N) is 2. The van der Waals surface area contributed by atoms with Crippen molar-refractivity contribution in [2.75, 3.05) is 39.0 Å². The second-order valence-electron chi connectivity index (χ2n) is 4.69. The number of nitrogens with two attached hydrogens (primary N) is 1. The van der Waals surface area contributed by atoms with Gasteiger partial charge < -0.3 is 15.5 Å². The Morgan fingerprint density at radius 3 is 2.83 bits per heavy atom. The van der Waals surface area contributed by atoms with Crippen molar-refractivity contribution in [2.45, 2.75) is 6.42 Å². The Balaban J connectivity index is 2.17. The molecule has 18 heavy (non-hydrogen) atoms. The molecule has 0 bridgehead atoms. The fraction of sp³-hybridized carbons (Fsp3) is 0.462. The van der Waals surface area contributed by atoms with E-state index >= 15 is 0 Å². The number of carbonyl (C=O) groups is 1. The first-order chi connectivity index (χ1) is 8.58. The number of anilines is 1. The van der Waals surface area contributed by atoms with Crippen LogP contribution >= 0.6 is 11.6 Å². The van der Waals surface area contributed by atoms with Crippen LogP contribution in [0.2, 0.25) is 5.02 Å². The summed E-state index contributed by atoms with van der Waals surface area (Å²) < 4.78 is 0. The predicted molar refractivity (Wildman–Crippen MR) is 73.9 cm³/mol. The molecule has 1 heterocycles. The van der Waals surface area contributed by atoms with Crippen molar-refractivity contribution in [1.82, 2.24) is 9.80 Å². The summed E-state index contributed by atoms with van der Waals surface area (Å²) in [7, 11) is 2.07. The van der Waals surface area contributed by atoms with Gasteiger partial charge in [0.2, 0.25) is 0 Å². The molecule has 1 aromatic rings. The Kier molecular flexibility index (Phi) is 4.09. The summed E-state index contributed by atoms with van der Waals surface area (Å²) in [4.78, 5) is 16.5. The molecule has 0 saturated carbocycles. The summed E-state index contributed by atoms with van der Waals surface area (Å²) in [6.45, 7) is 3.43. The number of amides is 1. The van der Waals surface area contributed by atoms with Crippen LogP contribution in [0, 0.1) is 0 Å². The lowest BCUT2D eigenvalue weighted by Gasteiger charge is -2.21. The van der Waals surface area contributed by atoms with Crippen molar-refractivity contribution < 1.29 is 4.79 Å². The molecule has 0 unspecified atom stereocenters. The van der Waals surface area contributed by atoms with Crippen molar-refractivity contribution in [1.29, 1.82) is 0 Å². The third kappa shape index (κ3) is 2.94. The zero-order valence-electron chi connectivity index (χ0n) is 10.5. The smallest absolute Gasteiger partial charge is 0.255 e. The highest BCUT2D eigenvalue weighted by Gasteiger charge is 2.20. The fourth-order valence-corrected chi connectivity index (χ4v) is 2.33. The van der Waals surface area contributed by atoms with Crippen molar-refractivity contribution in [2.24, 2.45) is 0 Å². The first kappa shape index (κ1) is 13.2. The fourth-order valence-electron chi connectivity index (χ4n) is 2.13. The van der Waals surface area contributed by atoms with E-state index in [0.29, 0.717) is 16.3 Å². The maximum Gasteiger partial charge on any atom is 0.255 e. The lowest BCUT2D eigenvalue weighted by atomic mass is 10.1. The molecule has 0 radical (unpaired) electrons. The van der Waals surface area contributed by atoms with Crippen LogP contribution in [0.15, 0.2) is 18.2 Å². The first-order valence-corrected chi connectivity index (χ1v) is 6.48. The molecule has 2 N–H and O–H groups in total. The van der Waals surface area contributed by atoms with Gasteiger partial charge in [-0.15, -0.1) is 0 Å². The lowest BCUT2D eigenvalue weighted by molar-refractivity contribution is 0.0763. The van der Waals surface area contributed by atoms with E-state index in [1.807, 2.05) is 4.90 Å². The van der Waals surface area contributed by atoms with Crippen molar-refractivity contribution in [3.05, 3.63) is 28.8 Å². The third-order valence-corrected chi connectivity index (χ3v) is 3.56. The maximum absolute atomic E-state index is 12.4. The van der Waals surface area contributed by atoms with Crippen LogP contribution in [-0.2, 0) is 0 Å². The molecule has 4 nitrogen and oxygen atoms in total. The highest BCUT2D eigenvalue weighted by atomic mass is 35.5. The molecular weight excluding hydrogens is 250 g/mol. The van der Waals surface area contributed by atoms with Gasteiger partial charge in [0.1, 0.15) is 0 Å². The molecule has 0 spiro atoms.